The Labute approximate surface area is 132 Å². The third kappa shape index (κ3) is 3.33. The molecule has 0 spiro atoms. The molecule has 2 atom stereocenters. The Bertz CT molecular complexity index is 501. The summed E-state index contributed by atoms with van der Waals surface area (Å²) in [5.74, 6) is 1.66. The van der Waals surface area contributed by atoms with E-state index in [9.17, 15) is 0 Å². The molecule has 0 bridgehead atoms. The molecule has 0 aromatic carbocycles. The van der Waals surface area contributed by atoms with Crippen molar-refractivity contribution in [3.8, 4) is 0 Å². The van der Waals surface area contributed by atoms with Crippen LogP contribution in [-0.2, 0) is 4.74 Å². The van der Waals surface area contributed by atoms with Crippen molar-refractivity contribution in [2.75, 3.05) is 50.6 Å². The van der Waals surface area contributed by atoms with Crippen LogP contribution in [0.5, 0.6) is 0 Å². The normalized spacial score (nSPS) is 26.1. The maximum Gasteiger partial charge on any atom is 0.224 e. The fourth-order valence-corrected chi connectivity index (χ4v) is 3.41. The highest BCUT2D eigenvalue weighted by Gasteiger charge is 2.34. The molecule has 0 radical (unpaired) electrons. The molecule has 1 aromatic heterocycles. The number of hydrogen-bond donors (Lipinski definition) is 1. The van der Waals surface area contributed by atoms with Crippen molar-refractivity contribution >= 4 is 11.8 Å². The number of aromatic nitrogens is 2. The largest absolute Gasteiger partial charge is 0.378 e. The van der Waals surface area contributed by atoms with E-state index in [1.807, 2.05) is 32.1 Å². The van der Waals surface area contributed by atoms with E-state index < -0.39 is 0 Å². The Morgan fingerprint density at radius 2 is 2.00 bits per heavy atom. The molecule has 0 aliphatic carbocycles. The summed E-state index contributed by atoms with van der Waals surface area (Å²) in [7, 11) is 4.02. The Kier molecular flexibility index (Phi) is 4.78. The summed E-state index contributed by atoms with van der Waals surface area (Å²) in [6, 6.07) is 0.712. The minimum absolute atomic E-state index is 0.274. The van der Waals surface area contributed by atoms with Crippen molar-refractivity contribution in [3.05, 3.63) is 11.8 Å². The van der Waals surface area contributed by atoms with Gasteiger partial charge < -0.3 is 15.0 Å². The van der Waals surface area contributed by atoms with Crippen LogP contribution >= 0.6 is 0 Å². The Hall–Kier alpha value is -1.40. The van der Waals surface area contributed by atoms with Crippen LogP contribution in [0, 0.1) is 6.92 Å². The van der Waals surface area contributed by atoms with Crippen LogP contribution in [0.2, 0.25) is 0 Å². The summed E-state index contributed by atoms with van der Waals surface area (Å²) >= 11 is 0. The van der Waals surface area contributed by atoms with Crippen molar-refractivity contribution in [3.63, 3.8) is 0 Å². The van der Waals surface area contributed by atoms with Gasteiger partial charge in [0.2, 0.25) is 5.95 Å². The van der Waals surface area contributed by atoms with Gasteiger partial charge in [-0.2, -0.15) is 4.98 Å². The molecule has 2 saturated heterocycles. The van der Waals surface area contributed by atoms with Crippen LogP contribution in [-0.4, -0.2) is 67.4 Å². The highest BCUT2D eigenvalue weighted by atomic mass is 16.5. The van der Waals surface area contributed by atoms with Crippen LogP contribution in [0.4, 0.5) is 11.8 Å². The minimum Gasteiger partial charge on any atom is -0.378 e. The Balaban J connectivity index is 1.70. The van der Waals surface area contributed by atoms with E-state index in [0.29, 0.717) is 12.0 Å². The fraction of sp³-hybridized carbons (Fsp3) is 0.750. The van der Waals surface area contributed by atoms with E-state index in [0.717, 1.165) is 24.6 Å². The molecule has 2 aliphatic rings. The molecule has 0 saturated carbocycles. The van der Waals surface area contributed by atoms with E-state index in [1.165, 1.54) is 32.4 Å². The number of nitrogens with one attached hydrogen (secondary N) is 1. The topological polar surface area (TPSA) is 53.5 Å². The highest BCUT2D eigenvalue weighted by molar-refractivity contribution is 5.48. The summed E-state index contributed by atoms with van der Waals surface area (Å²) in [5, 5.41) is 3.50. The maximum atomic E-state index is 5.73. The summed E-state index contributed by atoms with van der Waals surface area (Å²) in [6.45, 7) is 5.95. The monoisotopic (exact) mass is 305 g/mol. The van der Waals surface area contributed by atoms with Gasteiger partial charge in [-0.15, -0.1) is 0 Å². The third-order valence-electron chi connectivity index (χ3n) is 4.59. The number of piperidine rings is 1. The fourth-order valence-electron chi connectivity index (χ4n) is 3.41. The second-order valence-electron chi connectivity index (χ2n) is 6.55. The lowest BCUT2D eigenvalue weighted by Crippen LogP contribution is -2.48. The third-order valence-corrected chi connectivity index (χ3v) is 4.59. The van der Waals surface area contributed by atoms with Crippen LogP contribution in [0.25, 0.3) is 0 Å². The van der Waals surface area contributed by atoms with Gasteiger partial charge in [0.25, 0.3) is 0 Å². The molecule has 0 amide bonds. The standard InChI is InChI=1S/C16H27N5O/c1-12-9-17-16(19-15(12)20(2)3)18-13-10-22-11-14(13)21-7-5-4-6-8-21/h9,13-14H,4-8,10-11H2,1-3H3,(H,17,18,19)/t13-,14-/m0/s1. The summed E-state index contributed by atoms with van der Waals surface area (Å²) in [5.41, 5.74) is 1.09. The number of aryl methyl sites for hydroxylation is 1. The number of rotatable bonds is 4. The molecule has 2 aliphatic heterocycles. The van der Waals surface area contributed by atoms with Gasteiger partial charge in [0.1, 0.15) is 5.82 Å². The van der Waals surface area contributed by atoms with Crippen molar-refractivity contribution in [2.24, 2.45) is 0 Å². The number of hydrogen-bond acceptors (Lipinski definition) is 6. The molecule has 6 nitrogen and oxygen atoms in total. The first-order valence-electron chi connectivity index (χ1n) is 8.24. The lowest BCUT2D eigenvalue weighted by atomic mass is 10.1. The van der Waals surface area contributed by atoms with E-state index in [2.05, 4.69) is 20.2 Å². The smallest absolute Gasteiger partial charge is 0.224 e. The molecule has 3 rings (SSSR count). The van der Waals surface area contributed by atoms with Gasteiger partial charge in [-0.1, -0.05) is 6.42 Å². The zero-order valence-corrected chi connectivity index (χ0v) is 13.9. The lowest BCUT2D eigenvalue weighted by Gasteiger charge is -2.34. The van der Waals surface area contributed by atoms with Crippen LogP contribution in [0.15, 0.2) is 6.20 Å². The predicted octanol–water partition coefficient (Wildman–Crippen LogP) is 1.52. The van der Waals surface area contributed by atoms with Crippen molar-refractivity contribution in [1.29, 1.82) is 0 Å². The average Bonchev–Trinajstić information content (AvgIpc) is 2.98. The van der Waals surface area contributed by atoms with Gasteiger partial charge in [-0.3, -0.25) is 4.90 Å². The molecule has 0 unspecified atom stereocenters. The van der Waals surface area contributed by atoms with E-state index in [1.54, 1.807) is 0 Å². The molecular formula is C16H27N5O. The lowest BCUT2D eigenvalue weighted by molar-refractivity contribution is 0.127. The number of ether oxygens (including phenoxy) is 1. The van der Waals surface area contributed by atoms with Gasteiger partial charge in [-0.05, 0) is 32.9 Å². The molecule has 122 valence electrons. The Morgan fingerprint density at radius 3 is 2.73 bits per heavy atom. The summed E-state index contributed by atoms with van der Waals surface area (Å²) < 4.78 is 5.73. The predicted molar refractivity (Wildman–Crippen MR) is 88.5 cm³/mol. The minimum atomic E-state index is 0.274. The van der Waals surface area contributed by atoms with Crippen LogP contribution in [0.3, 0.4) is 0 Å². The second kappa shape index (κ2) is 6.79. The number of anilines is 2. The highest BCUT2D eigenvalue weighted by Crippen LogP contribution is 2.22. The molecule has 2 fully saturated rings. The molecular weight excluding hydrogens is 278 g/mol. The first-order chi connectivity index (χ1) is 10.6. The van der Waals surface area contributed by atoms with Gasteiger partial charge in [-0.25, -0.2) is 4.98 Å². The summed E-state index contributed by atoms with van der Waals surface area (Å²) in [4.78, 5) is 13.7. The van der Waals surface area contributed by atoms with E-state index >= 15 is 0 Å². The van der Waals surface area contributed by atoms with E-state index in [4.69, 9.17) is 4.74 Å². The first-order valence-corrected chi connectivity index (χ1v) is 8.24. The van der Waals surface area contributed by atoms with Crippen molar-refractivity contribution in [1.82, 2.24) is 14.9 Å². The quantitative estimate of drug-likeness (QED) is 0.910. The number of likely N-dealkylation sites (tertiary alicyclic amines) is 1. The zero-order chi connectivity index (χ0) is 15.5. The second-order valence-corrected chi connectivity index (χ2v) is 6.55. The van der Waals surface area contributed by atoms with Gasteiger partial charge in [0.05, 0.1) is 25.3 Å². The zero-order valence-electron chi connectivity index (χ0n) is 13.9. The average molecular weight is 305 g/mol. The van der Waals surface area contributed by atoms with Crippen molar-refractivity contribution in [2.45, 2.75) is 38.3 Å². The van der Waals surface area contributed by atoms with Crippen LogP contribution < -0.4 is 10.2 Å². The maximum absolute atomic E-state index is 5.73. The molecule has 22 heavy (non-hydrogen) atoms. The van der Waals surface area contributed by atoms with Gasteiger partial charge in [0.15, 0.2) is 0 Å². The first kappa shape index (κ1) is 15.5. The SMILES string of the molecule is Cc1cnc(N[C@H]2COC[C@@H]2N2CCCCC2)nc1N(C)C. The molecule has 1 N–H and O–H groups in total. The number of nitrogens with zero attached hydrogens (tertiary/aromatic N) is 4. The summed E-state index contributed by atoms with van der Waals surface area (Å²) in [6.07, 6.45) is 5.84. The molecule has 1 aromatic rings. The molecule has 6 heteroatoms. The Morgan fingerprint density at radius 1 is 1.23 bits per heavy atom. The molecule has 3 heterocycles. The van der Waals surface area contributed by atoms with E-state index in [-0.39, 0.29) is 6.04 Å². The van der Waals surface area contributed by atoms with Crippen LogP contribution in [0.1, 0.15) is 24.8 Å². The van der Waals surface area contributed by atoms with Gasteiger partial charge in [0, 0.05) is 25.9 Å². The van der Waals surface area contributed by atoms with Crippen molar-refractivity contribution < 1.29 is 4.74 Å². The van der Waals surface area contributed by atoms with Gasteiger partial charge >= 0.3 is 0 Å².